The minimum Gasteiger partial charge on any atom is -0.456 e. The highest BCUT2D eigenvalue weighted by molar-refractivity contribution is 6.24. The molecule has 0 unspecified atom stereocenters. The van der Waals surface area contributed by atoms with Gasteiger partial charge in [-0.05, 0) is 64.7 Å². The Morgan fingerprint density at radius 2 is 1.23 bits per heavy atom. The third-order valence-electron chi connectivity index (χ3n) is 8.78. The van der Waals surface area contributed by atoms with E-state index in [9.17, 15) is 0 Å². The number of oxazole rings is 1. The van der Waals surface area contributed by atoms with E-state index < -0.39 is 0 Å². The molecule has 0 radical (unpaired) electrons. The summed E-state index contributed by atoms with van der Waals surface area (Å²) in [6.45, 7) is 0. The van der Waals surface area contributed by atoms with Gasteiger partial charge in [0.15, 0.2) is 5.58 Å². The van der Waals surface area contributed by atoms with Gasteiger partial charge in [0.05, 0.1) is 22.1 Å². The van der Waals surface area contributed by atoms with Crippen LogP contribution < -0.4 is 0 Å². The molecule has 0 atom stereocenters. The van der Waals surface area contributed by atoms with Crippen LogP contribution in [0, 0.1) is 0 Å². The predicted molar refractivity (Wildman–Crippen MR) is 176 cm³/mol. The number of rotatable bonds is 2. The van der Waals surface area contributed by atoms with Crippen LogP contribution in [0.25, 0.3) is 93.5 Å². The average molecular weight is 551 g/mol. The van der Waals surface area contributed by atoms with Crippen LogP contribution in [0.2, 0.25) is 0 Å². The lowest BCUT2D eigenvalue weighted by molar-refractivity contribution is 0.619. The fourth-order valence-electron chi connectivity index (χ4n) is 6.92. The quantitative estimate of drug-likeness (QED) is 0.215. The second-order valence-electron chi connectivity index (χ2n) is 11.2. The molecule has 3 aromatic heterocycles. The SMILES string of the molecule is c1ccc2c(-n3c4ccccc4c4c5ccccc5ccc43)c3c(cc2c1)oc1cc(-c2nc4ccccc4o2)ccc13. The number of nitrogens with zero attached hydrogens (tertiary/aromatic N) is 2. The zero-order valence-electron chi connectivity index (χ0n) is 22.9. The van der Waals surface area contributed by atoms with Crippen LogP contribution >= 0.6 is 0 Å². The molecule has 7 aromatic carbocycles. The van der Waals surface area contributed by atoms with Crippen molar-refractivity contribution in [3.8, 4) is 17.1 Å². The summed E-state index contributed by atoms with van der Waals surface area (Å²) in [5.74, 6) is 0.586. The largest absolute Gasteiger partial charge is 0.456 e. The van der Waals surface area contributed by atoms with E-state index in [2.05, 4.69) is 108 Å². The molecule has 0 saturated heterocycles. The van der Waals surface area contributed by atoms with Crippen LogP contribution in [-0.4, -0.2) is 9.55 Å². The Balaban J connectivity index is 1.34. The molecule has 0 saturated carbocycles. The minimum atomic E-state index is 0.586. The Hall–Kier alpha value is -5.87. The zero-order chi connectivity index (χ0) is 28.1. The topological polar surface area (TPSA) is 44.1 Å². The fraction of sp³-hybridized carbons (Fsp3) is 0. The monoisotopic (exact) mass is 550 g/mol. The molecule has 0 bridgehead atoms. The lowest BCUT2D eigenvalue weighted by atomic mass is 10.0. The Bertz CT molecular complexity index is 2710. The van der Waals surface area contributed by atoms with Crippen LogP contribution in [0.1, 0.15) is 0 Å². The van der Waals surface area contributed by atoms with E-state index in [-0.39, 0.29) is 0 Å². The standard InChI is InChI=1S/C39H22N2O2/c1-3-11-26-23(9-1)18-20-32-36(26)28-13-5-7-15-31(28)41(32)38-27-12-4-2-10-24(27)21-35-37(38)29-19-17-25(22-34(29)42-35)39-40-30-14-6-8-16-33(30)43-39/h1-22H. The molecular weight excluding hydrogens is 528 g/mol. The molecule has 0 amide bonds. The first-order chi connectivity index (χ1) is 21.3. The Labute approximate surface area is 245 Å². The van der Waals surface area contributed by atoms with E-state index in [0.717, 1.165) is 49.7 Å². The van der Waals surface area contributed by atoms with Gasteiger partial charge in [0.2, 0.25) is 5.89 Å². The fourth-order valence-corrected chi connectivity index (χ4v) is 6.92. The molecule has 43 heavy (non-hydrogen) atoms. The maximum absolute atomic E-state index is 6.65. The van der Waals surface area contributed by atoms with Gasteiger partial charge in [-0.2, -0.15) is 0 Å². The van der Waals surface area contributed by atoms with Crippen LogP contribution in [0.4, 0.5) is 0 Å². The van der Waals surface area contributed by atoms with Gasteiger partial charge in [-0.15, -0.1) is 0 Å². The predicted octanol–water partition coefficient (Wildman–Crippen LogP) is 10.8. The maximum Gasteiger partial charge on any atom is 0.227 e. The van der Waals surface area contributed by atoms with E-state index >= 15 is 0 Å². The lowest BCUT2D eigenvalue weighted by Gasteiger charge is -2.14. The third kappa shape index (κ3) is 3.12. The van der Waals surface area contributed by atoms with Crippen molar-refractivity contribution >= 4 is 76.4 Å². The molecule has 10 rings (SSSR count). The van der Waals surface area contributed by atoms with E-state index in [1.807, 2.05) is 30.3 Å². The van der Waals surface area contributed by atoms with Gasteiger partial charge in [-0.25, -0.2) is 4.98 Å². The van der Waals surface area contributed by atoms with Gasteiger partial charge < -0.3 is 13.4 Å². The summed E-state index contributed by atoms with van der Waals surface area (Å²) >= 11 is 0. The zero-order valence-corrected chi connectivity index (χ0v) is 22.9. The second-order valence-corrected chi connectivity index (χ2v) is 11.2. The molecule has 200 valence electrons. The Kier molecular flexibility index (Phi) is 4.42. The van der Waals surface area contributed by atoms with Crippen molar-refractivity contribution < 1.29 is 8.83 Å². The number of aromatic nitrogens is 2. The number of hydrogen-bond donors (Lipinski definition) is 0. The number of benzene rings is 7. The number of furan rings is 1. The van der Waals surface area contributed by atoms with Crippen molar-refractivity contribution in [1.82, 2.24) is 9.55 Å². The maximum atomic E-state index is 6.65. The molecule has 0 spiro atoms. The van der Waals surface area contributed by atoms with Crippen molar-refractivity contribution in [2.75, 3.05) is 0 Å². The van der Waals surface area contributed by atoms with Crippen molar-refractivity contribution in [3.63, 3.8) is 0 Å². The summed E-state index contributed by atoms with van der Waals surface area (Å²) in [5, 5.41) is 9.46. The summed E-state index contributed by atoms with van der Waals surface area (Å²) in [7, 11) is 0. The third-order valence-corrected chi connectivity index (χ3v) is 8.78. The first-order valence-electron chi connectivity index (χ1n) is 14.5. The van der Waals surface area contributed by atoms with Crippen LogP contribution in [0.3, 0.4) is 0 Å². The van der Waals surface area contributed by atoms with Crippen LogP contribution in [0.15, 0.2) is 142 Å². The van der Waals surface area contributed by atoms with Gasteiger partial charge in [-0.1, -0.05) is 84.9 Å². The first kappa shape index (κ1) is 22.8. The van der Waals surface area contributed by atoms with Crippen LogP contribution in [-0.2, 0) is 0 Å². The van der Waals surface area contributed by atoms with Crippen molar-refractivity contribution in [3.05, 3.63) is 133 Å². The van der Waals surface area contributed by atoms with Crippen molar-refractivity contribution in [1.29, 1.82) is 0 Å². The highest BCUT2D eigenvalue weighted by atomic mass is 16.3. The Morgan fingerprint density at radius 3 is 2.14 bits per heavy atom. The minimum absolute atomic E-state index is 0.586. The molecule has 0 fully saturated rings. The molecule has 4 heteroatoms. The summed E-state index contributed by atoms with van der Waals surface area (Å²) in [5.41, 5.74) is 7.63. The number of hydrogen-bond acceptors (Lipinski definition) is 3. The summed E-state index contributed by atoms with van der Waals surface area (Å²) < 4.78 is 15.2. The summed E-state index contributed by atoms with van der Waals surface area (Å²) in [6, 6.07) is 46.8. The van der Waals surface area contributed by atoms with Crippen molar-refractivity contribution in [2.24, 2.45) is 0 Å². The van der Waals surface area contributed by atoms with Gasteiger partial charge >= 0.3 is 0 Å². The molecule has 0 aliphatic heterocycles. The van der Waals surface area contributed by atoms with Gasteiger partial charge in [0.25, 0.3) is 0 Å². The molecule has 10 aromatic rings. The number of para-hydroxylation sites is 3. The molecule has 0 N–H and O–H groups in total. The van der Waals surface area contributed by atoms with E-state index in [4.69, 9.17) is 13.8 Å². The van der Waals surface area contributed by atoms with E-state index in [0.29, 0.717) is 5.89 Å². The Morgan fingerprint density at radius 1 is 0.465 bits per heavy atom. The van der Waals surface area contributed by atoms with Gasteiger partial charge in [0, 0.05) is 27.1 Å². The highest BCUT2D eigenvalue weighted by Gasteiger charge is 2.22. The first-order valence-corrected chi connectivity index (χ1v) is 14.5. The van der Waals surface area contributed by atoms with E-state index in [1.165, 1.54) is 38.0 Å². The molecule has 4 nitrogen and oxygen atoms in total. The van der Waals surface area contributed by atoms with E-state index in [1.54, 1.807) is 0 Å². The molecule has 3 heterocycles. The smallest absolute Gasteiger partial charge is 0.227 e. The molecular formula is C39H22N2O2. The van der Waals surface area contributed by atoms with Gasteiger partial charge in [0.1, 0.15) is 16.7 Å². The van der Waals surface area contributed by atoms with Gasteiger partial charge in [-0.3, -0.25) is 0 Å². The van der Waals surface area contributed by atoms with Crippen LogP contribution in [0.5, 0.6) is 0 Å². The number of fused-ring (bicyclic) bond motifs is 10. The molecule has 0 aliphatic rings. The molecule has 0 aliphatic carbocycles. The summed E-state index contributed by atoms with van der Waals surface area (Å²) in [4.78, 5) is 4.73. The normalized spacial score (nSPS) is 12.2. The van der Waals surface area contributed by atoms with Crippen molar-refractivity contribution in [2.45, 2.75) is 0 Å². The summed E-state index contributed by atoms with van der Waals surface area (Å²) in [6.07, 6.45) is 0. The lowest BCUT2D eigenvalue weighted by Crippen LogP contribution is -1.96. The highest BCUT2D eigenvalue weighted by Crippen LogP contribution is 2.44. The average Bonchev–Trinajstić information content (AvgIpc) is 3.75. The second kappa shape index (κ2) is 8.34.